The standard InChI is InChI=1S/C27H20N6O3/c34-26(18-4-3-5-21(33-36)13-9-18)29-20-11-7-17(8-12-20)25-30-22-14-10-19(16-23(22)31-25)27(35)32-24-6-1-2-15-28-24/h1-4,6-16H,5H2,(H,29,34)(H,30,31)(H,28,32,35). The molecule has 2 aromatic carbocycles. The Morgan fingerprint density at radius 1 is 0.944 bits per heavy atom. The van der Waals surface area contributed by atoms with Crippen molar-refractivity contribution in [3.8, 4) is 11.4 Å². The molecule has 1 aliphatic rings. The van der Waals surface area contributed by atoms with Crippen molar-refractivity contribution in [2.24, 2.45) is 5.18 Å². The lowest BCUT2D eigenvalue weighted by molar-refractivity contribution is -0.112. The van der Waals surface area contributed by atoms with Crippen LogP contribution in [0.2, 0.25) is 0 Å². The normalized spacial score (nSPS) is 12.9. The van der Waals surface area contributed by atoms with Crippen LogP contribution < -0.4 is 10.6 Å². The number of amides is 2. The van der Waals surface area contributed by atoms with Crippen molar-refractivity contribution in [3.63, 3.8) is 0 Å². The highest BCUT2D eigenvalue weighted by Gasteiger charge is 2.12. The number of fused-ring (bicyclic) bond motifs is 1. The summed E-state index contributed by atoms with van der Waals surface area (Å²) in [7, 11) is 0. The van der Waals surface area contributed by atoms with Gasteiger partial charge in [-0.25, -0.2) is 9.97 Å². The van der Waals surface area contributed by atoms with Crippen molar-refractivity contribution in [3.05, 3.63) is 113 Å². The van der Waals surface area contributed by atoms with E-state index in [1.807, 2.05) is 12.1 Å². The number of aromatic amines is 1. The Hall–Kier alpha value is -5.18. The second kappa shape index (κ2) is 9.98. The van der Waals surface area contributed by atoms with Gasteiger partial charge in [0.25, 0.3) is 11.8 Å². The van der Waals surface area contributed by atoms with Crippen LogP contribution in [0, 0.1) is 4.91 Å². The number of hydrogen-bond donors (Lipinski definition) is 3. The average Bonchev–Trinajstić information content (AvgIpc) is 3.18. The molecule has 5 rings (SSSR count). The lowest BCUT2D eigenvalue weighted by Gasteiger charge is -2.06. The number of pyridine rings is 1. The van der Waals surface area contributed by atoms with Gasteiger partial charge in [-0.05, 0) is 71.9 Å². The Labute approximate surface area is 205 Å². The number of allylic oxidation sites excluding steroid dienone is 3. The molecule has 0 aliphatic heterocycles. The summed E-state index contributed by atoms with van der Waals surface area (Å²) in [5, 5.41) is 8.53. The van der Waals surface area contributed by atoms with E-state index < -0.39 is 0 Å². The molecular weight excluding hydrogens is 456 g/mol. The molecule has 9 nitrogen and oxygen atoms in total. The number of carbonyl (C=O) groups is 2. The Kier molecular flexibility index (Phi) is 6.27. The first-order valence-electron chi connectivity index (χ1n) is 11.1. The van der Waals surface area contributed by atoms with Crippen LogP contribution in [0.15, 0.2) is 108 Å². The lowest BCUT2D eigenvalue weighted by Crippen LogP contribution is -2.13. The number of nitrogens with one attached hydrogen (secondary N) is 3. The molecule has 9 heteroatoms. The summed E-state index contributed by atoms with van der Waals surface area (Å²) in [5.74, 6) is 0.562. The molecule has 0 atom stereocenters. The van der Waals surface area contributed by atoms with E-state index in [2.05, 4.69) is 30.8 Å². The quantitative estimate of drug-likeness (QED) is 0.323. The number of imidazole rings is 1. The van der Waals surface area contributed by atoms with E-state index in [0.717, 1.165) is 16.6 Å². The van der Waals surface area contributed by atoms with Crippen molar-refractivity contribution in [2.75, 3.05) is 10.6 Å². The molecule has 1 aliphatic carbocycles. The van der Waals surface area contributed by atoms with E-state index in [-0.39, 0.29) is 11.8 Å². The molecule has 0 saturated carbocycles. The van der Waals surface area contributed by atoms with Gasteiger partial charge < -0.3 is 15.6 Å². The van der Waals surface area contributed by atoms with Gasteiger partial charge in [-0.15, -0.1) is 4.91 Å². The first kappa shape index (κ1) is 22.6. The minimum absolute atomic E-state index is 0.264. The molecule has 0 bridgehead atoms. The zero-order chi connectivity index (χ0) is 24.9. The minimum atomic E-state index is -0.289. The molecule has 4 aromatic rings. The average molecular weight is 476 g/mol. The van der Waals surface area contributed by atoms with Crippen LogP contribution >= 0.6 is 0 Å². The lowest BCUT2D eigenvalue weighted by atomic mass is 10.1. The van der Waals surface area contributed by atoms with Gasteiger partial charge in [0.2, 0.25) is 0 Å². The minimum Gasteiger partial charge on any atom is -0.338 e. The Bertz CT molecular complexity index is 1550. The third-order valence-corrected chi connectivity index (χ3v) is 5.53. The van der Waals surface area contributed by atoms with Crippen LogP contribution in [0.3, 0.4) is 0 Å². The number of anilines is 2. The van der Waals surface area contributed by atoms with E-state index in [4.69, 9.17) is 0 Å². The fraction of sp³-hybridized carbons (Fsp3) is 0.0370. The molecule has 2 heterocycles. The van der Waals surface area contributed by atoms with Gasteiger partial charge in [-0.2, -0.15) is 0 Å². The summed E-state index contributed by atoms with van der Waals surface area (Å²) in [6, 6.07) is 17.8. The van der Waals surface area contributed by atoms with Crippen LogP contribution in [0.4, 0.5) is 11.5 Å². The van der Waals surface area contributed by atoms with Crippen molar-refractivity contribution in [2.45, 2.75) is 6.42 Å². The largest absolute Gasteiger partial charge is 0.338 e. The summed E-state index contributed by atoms with van der Waals surface area (Å²) in [6.45, 7) is 0. The Morgan fingerprint density at radius 2 is 1.81 bits per heavy atom. The zero-order valence-corrected chi connectivity index (χ0v) is 18.9. The molecule has 0 spiro atoms. The number of hydrogen-bond acceptors (Lipinski definition) is 6. The molecule has 0 radical (unpaired) electrons. The van der Waals surface area contributed by atoms with Crippen molar-refractivity contribution >= 4 is 34.4 Å². The number of H-pyrrole nitrogens is 1. The summed E-state index contributed by atoms with van der Waals surface area (Å²) >= 11 is 0. The van der Waals surface area contributed by atoms with Crippen molar-refractivity contribution < 1.29 is 9.59 Å². The Morgan fingerprint density at radius 3 is 2.58 bits per heavy atom. The highest BCUT2D eigenvalue weighted by molar-refractivity contribution is 6.06. The number of carbonyl (C=O) groups excluding carboxylic acids is 2. The predicted octanol–water partition coefficient (Wildman–Crippen LogP) is 5.35. The molecule has 2 aromatic heterocycles. The number of rotatable bonds is 6. The number of nitroso groups, excluding NO2 is 1. The zero-order valence-electron chi connectivity index (χ0n) is 18.9. The van der Waals surface area contributed by atoms with Crippen molar-refractivity contribution in [1.29, 1.82) is 0 Å². The van der Waals surface area contributed by atoms with Crippen LogP contribution in [-0.4, -0.2) is 26.8 Å². The summed E-state index contributed by atoms with van der Waals surface area (Å²) in [6.07, 6.45) is 8.51. The van der Waals surface area contributed by atoms with Gasteiger partial charge in [0, 0.05) is 35.0 Å². The van der Waals surface area contributed by atoms with Crippen molar-refractivity contribution in [1.82, 2.24) is 15.0 Å². The maximum absolute atomic E-state index is 12.6. The topological polar surface area (TPSA) is 129 Å². The molecule has 0 fully saturated rings. The third kappa shape index (κ3) is 5.00. The molecule has 3 N–H and O–H groups in total. The highest BCUT2D eigenvalue weighted by atomic mass is 16.3. The summed E-state index contributed by atoms with van der Waals surface area (Å²) in [4.78, 5) is 47.8. The SMILES string of the molecule is O=NC1=CC=C(C(=O)Nc2ccc(-c3nc4ccc(C(=O)Nc5ccccn5)cc4[nH]3)cc2)C=CC1. The maximum Gasteiger partial charge on any atom is 0.256 e. The number of nitrogens with zero attached hydrogens (tertiary/aromatic N) is 3. The molecule has 176 valence electrons. The molecular formula is C27H20N6O3. The highest BCUT2D eigenvalue weighted by Crippen LogP contribution is 2.24. The van der Waals surface area contributed by atoms with E-state index >= 15 is 0 Å². The number of aromatic nitrogens is 3. The third-order valence-electron chi connectivity index (χ3n) is 5.53. The summed E-state index contributed by atoms with van der Waals surface area (Å²) < 4.78 is 0. The second-order valence-corrected chi connectivity index (χ2v) is 8.00. The first-order chi connectivity index (χ1) is 17.6. The van der Waals surface area contributed by atoms with E-state index in [9.17, 15) is 14.5 Å². The molecule has 2 amide bonds. The monoisotopic (exact) mass is 476 g/mol. The molecule has 36 heavy (non-hydrogen) atoms. The van der Waals surface area contributed by atoms with Gasteiger partial charge in [0.1, 0.15) is 11.6 Å². The fourth-order valence-electron chi connectivity index (χ4n) is 3.66. The fourth-order valence-corrected chi connectivity index (χ4v) is 3.66. The summed E-state index contributed by atoms with van der Waals surface area (Å²) in [5.41, 5.74) is 4.16. The number of benzene rings is 2. The van der Waals surface area contributed by atoms with Gasteiger partial charge in [-0.3, -0.25) is 9.59 Å². The first-order valence-corrected chi connectivity index (χ1v) is 11.1. The predicted molar refractivity (Wildman–Crippen MR) is 138 cm³/mol. The van der Waals surface area contributed by atoms with Gasteiger partial charge >= 0.3 is 0 Å². The smallest absolute Gasteiger partial charge is 0.256 e. The Balaban J connectivity index is 1.30. The van der Waals surface area contributed by atoms with Crippen LogP contribution in [0.1, 0.15) is 16.8 Å². The van der Waals surface area contributed by atoms with E-state index in [0.29, 0.717) is 40.6 Å². The van der Waals surface area contributed by atoms with Crippen LogP contribution in [-0.2, 0) is 4.79 Å². The van der Waals surface area contributed by atoms with Crippen LogP contribution in [0.25, 0.3) is 22.4 Å². The van der Waals surface area contributed by atoms with Gasteiger partial charge in [0.05, 0.1) is 16.7 Å². The molecule has 0 saturated heterocycles. The van der Waals surface area contributed by atoms with Gasteiger partial charge in [-0.1, -0.05) is 18.2 Å². The van der Waals surface area contributed by atoms with E-state index in [1.165, 1.54) is 0 Å². The second-order valence-electron chi connectivity index (χ2n) is 8.00. The maximum atomic E-state index is 12.6. The van der Waals surface area contributed by atoms with Crippen LogP contribution in [0.5, 0.6) is 0 Å². The van der Waals surface area contributed by atoms with E-state index in [1.54, 1.807) is 79.0 Å². The van der Waals surface area contributed by atoms with Gasteiger partial charge in [0.15, 0.2) is 0 Å². The molecule has 0 unspecified atom stereocenters.